The molecule has 26 heavy (non-hydrogen) atoms. The first-order valence-corrected chi connectivity index (χ1v) is 9.22. The molecule has 0 radical (unpaired) electrons. The average Bonchev–Trinajstić information content (AvgIpc) is 3.04. The molecule has 0 aliphatic rings. The summed E-state index contributed by atoms with van der Waals surface area (Å²) in [6.07, 6.45) is 0.863. The number of esters is 1. The van der Waals surface area contributed by atoms with Gasteiger partial charge < -0.3 is 14.8 Å². The molecule has 1 amide bonds. The number of aromatic nitrogens is 1. The lowest BCUT2D eigenvalue weighted by atomic mass is 10.1. The quantitative estimate of drug-likeness (QED) is 0.538. The molecule has 0 spiro atoms. The molecule has 0 fully saturated rings. The largest absolute Gasteiger partial charge is 0.461 e. The highest BCUT2D eigenvalue weighted by Crippen LogP contribution is 2.14. The minimum atomic E-state index is -0.897. The lowest BCUT2D eigenvalue weighted by Gasteiger charge is -2.15. The summed E-state index contributed by atoms with van der Waals surface area (Å²) in [5.74, 6) is -1.16. The molecule has 0 aliphatic heterocycles. The van der Waals surface area contributed by atoms with E-state index in [4.69, 9.17) is 4.74 Å². The van der Waals surface area contributed by atoms with Crippen molar-refractivity contribution in [1.29, 1.82) is 0 Å². The molecule has 2 atom stereocenters. The van der Waals surface area contributed by atoms with Gasteiger partial charge in [-0.25, -0.2) is 4.98 Å². The van der Waals surface area contributed by atoms with E-state index in [-0.39, 0.29) is 24.9 Å². The second kappa shape index (κ2) is 9.82. The molecule has 2 rings (SSSR count). The number of hydrogen-bond acceptors (Lipinski definition) is 6. The van der Waals surface area contributed by atoms with Gasteiger partial charge >= 0.3 is 5.97 Å². The maximum absolute atomic E-state index is 12.2. The van der Waals surface area contributed by atoms with Crippen molar-refractivity contribution in [2.45, 2.75) is 39.3 Å². The van der Waals surface area contributed by atoms with Crippen molar-refractivity contribution in [2.24, 2.45) is 5.92 Å². The number of nitrogens with one attached hydrogen (secondary N) is 1. The topological polar surface area (TPSA) is 85.4 Å². The molecule has 6 nitrogen and oxygen atoms in total. The molecule has 0 aliphatic carbocycles. The van der Waals surface area contributed by atoms with E-state index in [9.17, 15) is 14.4 Å². The van der Waals surface area contributed by atoms with E-state index in [0.29, 0.717) is 12.7 Å². The molecule has 7 heteroatoms. The van der Waals surface area contributed by atoms with Crippen LogP contribution in [0.3, 0.4) is 0 Å². The van der Waals surface area contributed by atoms with Crippen LogP contribution in [-0.2, 0) is 32.1 Å². The Kier molecular flexibility index (Phi) is 7.47. The summed E-state index contributed by atoms with van der Waals surface area (Å²) in [7, 11) is 0. The number of rotatable bonds is 9. The number of aldehydes is 1. The van der Waals surface area contributed by atoms with E-state index in [2.05, 4.69) is 10.3 Å². The van der Waals surface area contributed by atoms with Crippen molar-refractivity contribution >= 4 is 29.5 Å². The highest BCUT2D eigenvalue weighted by Gasteiger charge is 2.21. The normalized spacial score (nSPS) is 12.8. The van der Waals surface area contributed by atoms with Crippen LogP contribution >= 0.6 is 11.3 Å². The van der Waals surface area contributed by atoms with Gasteiger partial charge in [0.25, 0.3) is 0 Å². The SMILES string of the molecule is Cc1csc(CC(C)C(=O)NC(C=O)CC(=O)OCc2ccccc2)n1. The number of ether oxygens (including phenoxy) is 1. The lowest BCUT2D eigenvalue weighted by molar-refractivity contribution is -0.146. The predicted octanol–water partition coefficient (Wildman–Crippen LogP) is 2.45. The lowest BCUT2D eigenvalue weighted by Crippen LogP contribution is -2.41. The van der Waals surface area contributed by atoms with Crippen LogP contribution < -0.4 is 5.32 Å². The number of hydrogen-bond donors (Lipinski definition) is 1. The van der Waals surface area contributed by atoms with Gasteiger partial charge in [-0.15, -0.1) is 11.3 Å². The second-order valence-electron chi connectivity index (χ2n) is 6.09. The van der Waals surface area contributed by atoms with E-state index in [1.807, 2.05) is 42.6 Å². The number of carbonyl (C=O) groups is 3. The molecular weight excluding hydrogens is 352 g/mol. The van der Waals surface area contributed by atoms with E-state index in [1.54, 1.807) is 6.92 Å². The predicted molar refractivity (Wildman–Crippen MR) is 98.6 cm³/mol. The third kappa shape index (κ3) is 6.40. The molecule has 2 unspecified atom stereocenters. The van der Waals surface area contributed by atoms with Crippen molar-refractivity contribution in [2.75, 3.05) is 0 Å². The van der Waals surface area contributed by atoms with Crippen LogP contribution in [-0.4, -0.2) is 29.2 Å². The number of aryl methyl sites for hydroxylation is 1. The highest BCUT2D eigenvalue weighted by atomic mass is 32.1. The summed E-state index contributed by atoms with van der Waals surface area (Å²) in [4.78, 5) is 39.7. The first-order valence-electron chi connectivity index (χ1n) is 8.34. The second-order valence-corrected chi connectivity index (χ2v) is 7.03. The number of thiazole rings is 1. The van der Waals surface area contributed by atoms with Gasteiger partial charge in [-0.3, -0.25) is 9.59 Å². The summed E-state index contributed by atoms with van der Waals surface area (Å²) < 4.78 is 5.14. The van der Waals surface area contributed by atoms with Gasteiger partial charge in [-0.1, -0.05) is 37.3 Å². The summed E-state index contributed by atoms with van der Waals surface area (Å²) in [6.45, 7) is 3.80. The number of benzene rings is 1. The van der Waals surface area contributed by atoms with Crippen LogP contribution in [0.25, 0.3) is 0 Å². The highest BCUT2D eigenvalue weighted by molar-refractivity contribution is 7.09. The zero-order valence-electron chi connectivity index (χ0n) is 14.8. The Bertz CT molecular complexity index is 745. The average molecular weight is 374 g/mol. The number of nitrogens with zero attached hydrogens (tertiary/aromatic N) is 1. The fourth-order valence-electron chi connectivity index (χ4n) is 2.29. The Labute approximate surface area is 156 Å². The monoisotopic (exact) mass is 374 g/mol. The Morgan fingerprint density at radius 2 is 2.04 bits per heavy atom. The van der Waals surface area contributed by atoms with Crippen molar-refractivity contribution in [1.82, 2.24) is 10.3 Å². The number of amides is 1. The van der Waals surface area contributed by atoms with Gasteiger partial charge in [-0.05, 0) is 12.5 Å². The molecule has 0 bridgehead atoms. The Morgan fingerprint density at radius 1 is 1.31 bits per heavy atom. The molecule has 2 aromatic rings. The third-order valence-electron chi connectivity index (χ3n) is 3.72. The summed E-state index contributed by atoms with van der Waals surface area (Å²) >= 11 is 1.50. The van der Waals surface area contributed by atoms with E-state index in [0.717, 1.165) is 16.3 Å². The van der Waals surface area contributed by atoms with Crippen LogP contribution in [0.5, 0.6) is 0 Å². The van der Waals surface area contributed by atoms with Gasteiger partial charge in [-0.2, -0.15) is 0 Å². The molecule has 1 aromatic heterocycles. The standard InChI is InChI=1S/C19H22N2O4S/c1-13(8-17-20-14(2)12-26-17)19(24)21-16(10-22)9-18(23)25-11-15-6-4-3-5-7-15/h3-7,10,12-13,16H,8-9,11H2,1-2H3,(H,21,24). The Balaban J connectivity index is 1.78. The first-order chi connectivity index (χ1) is 12.5. The molecule has 1 heterocycles. The van der Waals surface area contributed by atoms with E-state index < -0.39 is 12.0 Å². The smallest absolute Gasteiger partial charge is 0.308 e. The fraction of sp³-hybridized carbons (Fsp3) is 0.368. The molecule has 1 N–H and O–H groups in total. The van der Waals surface area contributed by atoms with Gasteiger partial charge in [0.1, 0.15) is 12.9 Å². The molecule has 1 aromatic carbocycles. The van der Waals surface area contributed by atoms with Crippen molar-refractivity contribution in [3.63, 3.8) is 0 Å². The van der Waals surface area contributed by atoms with Gasteiger partial charge in [0.15, 0.2) is 0 Å². The van der Waals surface area contributed by atoms with Gasteiger partial charge in [0, 0.05) is 23.4 Å². The molecule has 0 saturated heterocycles. The maximum atomic E-state index is 12.2. The van der Waals surface area contributed by atoms with Crippen LogP contribution in [0.1, 0.15) is 29.6 Å². The van der Waals surface area contributed by atoms with Crippen molar-refractivity contribution in [3.05, 3.63) is 52.0 Å². The third-order valence-corrected chi connectivity index (χ3v) is 4.71. The van der Waals surface area contributed by atoms with Gasteiger partial charge in [0.2, 0.25) is 5.91 Å². The van der Waals surface area contributed by atoms with Crippen LogP contribution in [0, 0.1) is 12.8 Å². The zero-order valence-corrected chi connectivity index (χ0v) is 15.6. The van der Waals surface area contributed by atoms with E-state index in [1.165, 1.54) is 11.3 Å². The zero-order chi connectivity index (χ0) is 18.9. The molecular formula is C19H22N2O4S. The van der Waals surface area contributed by atoms with Crippen LogP contribution in [0.2, 0.25) is 0 Å². The van der Waals surface area contributed by atoms with Gasteiger partial charge in [0.05, 0.1) is 17.5 Å². The van der Waals surface area contributed by atoms with Crippen molar-refractivity contribution < 1.29 is 19.1 Å². The Hall–Kier alpha value is -2.54. The van der Waals surface area contributed by atoms with Crippen LogP contribution in [0.4, 0.5) is 0 Å². The number of carbonyl (C=O) groups excluding carboxylic acids is 3. The maximum Gasteiger partial charge on any atom is 0.308 e. The van der Waals surface area contributed by atoms with Crippen LogP contribution in [0.15, 0.2) is 35.7 Å². The summed E-state index contributed by atoms with van der Waals surface area (Å²) in [6, 6.07) is 8.36. The minimum Gasteiger partial charge on any atom is -0.461 e. The summed E-state index contributed by atoms with van der Waals surface area (Å²) in [5, 5.41) is 5.39. The minimum absolute atomic E-state index is 0.138. The van der Waals surface area contributed by atoms with Crippen molar-refractivity contribution in [3.8, 4) is 0 Å². The fourth-order valence-corrected chi connectivity index (χ4v) is 3.19. The first kappa shape index (κ1) is 19.8. The molecule has 138 valence electrons. The van der Waals surface area contributed by atoms with E-state index >= 15 is 0 Å². The molecule has 0 saturated carbocycles. The Morgan fingerprint density at radius 3 is 2.65 bits per heavy atom. The summed E-state index contributed by atoms with van der Waals surface area (Å²) in [5.41, 5.74) is 1.78.